The molecule has 180 valence electrons. The Kier molecular flexibility index (Phi) is 7.42. The number of hydrogen-bond donors (Lipinski definition) is 0. The molecule has 3 aromatic rings. The largest absolute Gasteiger partial charge is 0.442 e. The van der Waals surface area contributed by atoms with Crippen molar-refractivity contribution in [2.24, 2.45) is 0 Å². The van der Waals surface area contributed by atoms with Crippen molar-refractivity contribution in [1.29, 1.82) is 0 Å². The zero-order valence-electron chi connectivity index (χ0n) is 17.1. The monoisotopic (exact) mass is 526 g/mol. The van der Waals surface area contributed by atoms with E-state index >= 15 is 0 Å². The average Bonchev–Trinajstić information content (AvgIpc) is 2.78. The van der Waals surface area contributed by atoms with Crippen LogP contribution in [-0.4, -0.2) is 15.6 Å². The molecular formula is C22H11Cl2F3N2O6. The van der Waals surface area contributed by atoms with Crippen LogP contribution in [0.1, 0.15) is 21.5 Å². The van der Waals surface area contributed by atoms with E-state index in [1.807, 2.05) is 0 Å². The van der Waals surface area contributed by atoms with Crippen LogP contribution in [0.5, 0.6) is 11.5 Å². The molecule has 3 aromatic carbocycles. The van der Waals surface area contributed by atoms with Gasteiger partial charge in [-0.25, -0.2) is 0 Å². The topological polar surface area (TPSA) is 113 Å². The van der Waals surface area contributed by atoms with Gasteiger partial charge in [-0.15, -0.1) is 0 Å². The van der Waals surface area contributed by atoms with Gasteiger partial charge >= 0.3 is 17.6 Å². The second-order valence-electron chi connectivity index (χ2n) is 6.82. The van der Waals surface area contributed by atoms with Crippen molar-refractivity contribution in [3.63, 3.8) is 0 Å². The van der Waals surface area contributed by atoms with Crippen LogP contribution >= 0.6 is 23.2 Å². The Morgan fingerprint density at radius 3 is 2.00 bits per heavy atom. The summed E-state index contributed by atoms with van der Waals surface area (Å²) in [5.41, 5.74) is -3.83. The highest BCUT2D eigenvalue weighted by Gasteiger charge is 2.39. The molecule has 0 unspecified atom stereocenters. The number of rotatable bonds is 7. The van der Waals surface area contributed by atoms with Crippen molar-refractivity contribution in [2.45, 2.75) is 6.18 Å². The molecule has 0 heterocycles. The van der Waals surface area contributed by atoms with E-state index in [2.05, 4.69) is 0 Å². The molecule has 0 N–H and O–H groups in total. The molecule has 0 amide bonds. The Morgan fingerprint density at radius 2 is 1.49 bits per heavy atom. The predicted molar refractivity (Wildman–Crippen MR) is 121 cm³/mol. The third kappa shape index (κ3) is 5.94. The molecule has 0 radical (unpaired) electrons. The van der Waals surface area contributed by atoms with Crippen LogP contribution in [0.4, 0.5) is 24.5 Å². The lowest BCUT2D eigenvalue weighted by atomic mass is 10.1. The molecule has 0 aromatic heterocycles. The summed E-state index contributed by atoms with van der Waals surface area (Å²) in [6.07, 6.45) is -2.73. The SMILES string of the molecule is O=C(/C=C/c1cccc(Cl)c1Oc1c([N+](=O)[O-])cc(C(F)(F)F)cc1[N+](=O)[O-])c1ccc(Cl)cc1. The van der Waals surface area contributed by atoms with Gasteiger partial charge in [-0.1, -0.05) is 35.3 Å². The van der Waals surface area contributed by atoms with Crippen molar-refractivity contribution in [3.05, 3.63) is 108 Å². The fourth-order valence-electron chi connectivity index (χ4n) is 2.88. The summed E-state index contributed by atoms with van der Waals surface area (Å²) in [5, 5.41) is 23.2. The maximum absolute atomic E-state index is 13.1. The molecule has 13 heteroatoms. The lowest BCUT2D eigenvalue weighted by molar-refractivity contribution is -0.396. The van der Waals surface area contributed by atoms with Crippen LogP contribution in [0.25, 0.3) is 6.08 Å². The number of hydrogen-bond acceptors (Lipinski definition) is 6. The van der Waals surface area contributed by atoms with E-state index in [0.717, 1.165) is 6.08 Å². The van der Waals surface area contributed by atoms with Crippen LogP contribution in [0.2, 0.25) is 10.0 Å². The summed E-state index contributed by atoms with van der Waals surface area (Å²) in [6, 6.07) is 10.3. The van der Waals surface area contributed by atoms with Gasteiger partial charge in [0.05, 0.1) is 20.4 Å². The number of alkyl halides is 3. The van der Waals surface area contributed by atoms with E-state index < -0.39 is 44.5 Å². The first-order chi connectivity index (χ1) is 16.4. The summed E-state index contributed by atoms with van der Waals surface area (Å²) in [4.78, 5) is 32.9. The first kappa shape index (κ1) is 25.7. The summed E-state index contributed by atoms with van der Waals surface area (Å²) >= 11 is 11.9. The smallest absolute Gasteiger partial charge is 0.416 e. The lowest BCUT2D eigenvalue weighted by Crippen LogP contribution is -2.08. The maximum atomic E-state index is 13.1. The Hall–Kier alpha value is -3.96. The number of ether oxygens (including phenoxy) is 1. The maximum Gasteiger partial charge on any atom is 0.416 e. The second-order valence-corrected chi connectivity index (χ2v) is 7.66. The Balaban J connectivity index is 2.09. The predicted octanol–water partition coefficient (Wildman–Crippen LogP) is 7.52. The van der Waals surface area contributed by atoms with Gasteiger partial charge in [0, 0.05) is 28.3 Å². The van der Waals surface area contributed by atoms with Gasteiger partial charge in [0.15, 0.2) is 11.5 Å². The number of benzene rings is 3. The molecule has 8 nitrogen and oxygen atoms in total. The van der Waals surface area contributed by atoms with Crippen LogP contribution in [0.15, 0.2) is 60.7 Å². The van der Waals surface area contributed by atoms with E-state index in [-0.39, 0.29) is 34.0 Å². The van der Waals surface area contributed by atoms with Gasteiger partial charge in [-0.05, 0) is 42.5 Å². The Morgan fingerprint density at radius 1 is 0.914 bits per heavy atom. The van der Waals surface area contributed by atoms with Gasteiger partial charge in [-0.3, -0.25) is 25.0 Å². The normalized spacial score (nSPS) is 11.5. The fraction of sp³-hybridized carbons (Fsp3) is 0.0455. The van der Waals surface area contributed by atoms with E-state index in [0.29, 0.717) is 5.02 Å². The van der Waals surface area contributed by atoms with Crippen LogP contribution in [0, 0.1) is 20.2 Å². The first-order valence-corrected chi connectivity index (χ1v) is 10.1. The molecular weight excluding hydrogens is 516 g/mol. The number of nitro benzene ring substituents is 2. The molecule has 0 atom stereocenters. The van der Waals surface area contributed by atoms with Gasteiger partial charge in [0.25, 0.3) is 5.75 Å². The number of para-hydroxylation sites is 1. The quantitative estimate of drug-likeness (QED) is 0.136. The highest BCUT2D eigenvalue weighted by atomic mass is 35.5. The van der Waals surface area contributed by atoms with Crippen LogP contribution in [0.3, 0.4) is 0 Å². The standard InChI is InChI=1S/C22H11Cl2F3N2O6/c23-15-7-4-12(5-8-15)19(30)9-6-13-2-1-3-16(24)20(13)35-21-17(28(31)32)10-14(22(25,26)27)11-18(21)29(33)34/h1-11H/b9-6+. The number of allylic oxidation sites excluding steroid dienone is 1. The van der Waals surface area contributed by atoms with Crippen LogP contribution in [-0.2, 0) is 6.18 Å². The Labute approximate surface area is 204 Å². The number of carbonyl (C=O) groups is 1. The molecule has 35 heavy (non-hydrogen) atoms. The minimum Gasteiger partial charge on any atom is -0.442 e. The lowest BCUT2D eigenvalue weighted by Gasteiger charge is -2.13. The van der Waals surface area contributed by atoms with Crippen molar-refractivity contribution in [1.82, 2.24) is 0 Å². The Bertz CT molecular complexity index is 1320. The van der Waals surface area contributed by atoms with Crippen molar-refractivity contribution in [2.75, 3.05) is 0 Å². The fourth-order valence-corrected chi connectivity index (χ4v) is 3.23. The third-order valence-electron chi connectivity index (χ3n) is 4.52. The summed E-state index contributed by atoms with van der Waals surface area (Å²) in [5.74, 6) is -1.86. The molecule has 0 spiro atoms. The third-order valence-corrected chi connectivity index (χ3v) is 5.06. The minimum atomic E-state index is -5.09. The molecule has 0 aliphatic heterocycles. The number of halogens is 5. The van der Waals surface area contributed by atoms with E-state index in [1.165, 1.54) is 48.5 Å². The van der Waals surface area contributed by atoms with Crippen molar-refractivity contribution >= 4 is 46.4 Å². The first-order valence-electron chi connectivity index (χ1n) is 9.37. The van der Waals surface area contributed by atoms with E-state index in [1.54, 1.807) is 0 Å². The number of nitro groups is 2. The molecule has 0 saturated carbocycles. The molecule has 0 saturated heterocycles. The molecule has 0 bridgehead atoms. The highest BCUT2D eigenvalue weighted by molar-refractivity contribution is 6.32. The van der Waals surface area contributed by atoms with Gasteiger partial charge in [0.2, 0.25) is 0 Å². The second kappa shape index (κ2) is 10.1. The van der Waals surface area contributed by atoms with Gasteiger partial charge in [0.1, 0.15) is 0 Å². The van der Waals surface area contributed by atoms with Crippen LogP contribution < -0.4 is 4.74 Å². The van der Waals surface area contributed by atoms with E-state index in [4.69, 9.17) is 27.9 Å². The zero-order valence-corrected chi connectivity index (χ0v) is 18.6. The van der Waals surface area contributed by atoms with E-state index in [9.17, 15) is 38.2 Å². The summed E-state index contributed by atoms with van der Waals surface area (Å²) < 4.78 is 44.8. The number of carbonyl (C=O) groups excluding carboxylic acids is 1. The molecule has 3 rings (SSSR count). The van der Waals surface area contributed by atoms with Gasteiger partial charge in [-0.2, -0.15) is 13.2 Å². The van der Waals surface area contributed by atoms with Gasteiger partial charge < -0.3 is 4.74 Å². The molecule has 0 aliphatic rings. The molecule has 0 fully saturated rings. The summed E-state index contributed by atoms with van der Waals surface area (Å²) in [7, 11) is 0. The highest BCUT2D eigenvalue weighted by Crippen LogP contribution is 2.46. The zero-order chi connectivity index (χ0) is 25.9. The average molecular weight is 527 g/mol. The van der Waals surface area contributed by atoms with Crippen molar-refractivity contribution in [3.8, 4) is 11.5 Å². The number of ketones is 1. The minimum absolute atomic E-state index is 0.0725. The summed E-state index contributed by atoms with van der Waals surface area (Å²) in [6.45, 7) is 0. The molecule has 0 aliphatic carbocycles. The van der Waals surface area contributed by atoms with Crippen molar-refractivity contribution < 1.29 is 32.5 Å². The number of nitrogens with zero attached hydrogens (tertiary/aromatic N) is 2.